The number of hydrogen-bond donors (Lipinski definition) is 3. The van der Waals surface area contributed by atoms with Gasteiger partial charge in [0.25, 0.3) is 0 Å². The first-order valence-corrected chi connectivity index (χ1v) is 21.1. The lowest BCUT2D eigenvalue weighted by molar-refractivity contribution is -0.175. The van der Waals surface area contributed by atoms with Crippen LogP contribution in [0.15, 0.2) is 22.3 Å². The minimum atomic E-state index is -0.743. The van der Waals surface area contributed by atoms with Gasteiger partial charge in [-0.15, -0.1) is 0 Å². The van der Waals surface area contributed by atoms with Crippen LogP contribution in [0.5, 0.6) is 0 Å². The molecule has 0 aromatic carbocycles. The minimum absolute atomic E-state index is 0.0181. The van der Waals surface area contributed by atoms with Gasteiger partial charge in [0.1, 0.15) is 17.2 Å². The van der Waals surface area contributed by atoms with Crippen molar-refractivity contribution in [2.45, 2.75) is 145 Å². The second-order valence-electron chi connectivity index (χ2n) is 21.8. The first kappa shape index (κ1) is 38.6. The highest BCUT2D eigenvalue weighted by atomic mass is 16.6. The molecule has 4 N–H and O–H groups in total. The second-order valence-corrected chi connectivity index (χ2v) is 21.8. The van der Waals surface area contributed by atoms with Gasteiger partial charge in [-0.05, 0) is 130 Å². The Kier molecular flexibility index (Phi) is 8.68. The van der Waals surface area contributed by atoms with E-state index < -0.39 is 17.0 Å². The number of carboxylic acid groups (broad SMARTS) is 1. The summed E-state index contributed by atoms with van der Waals surface area (Å²) in [5.41, 5.74) is 11.3. The predicted octanol–water partition coefficient (Wildman–Crippen LogP) is 9.07. The Bertz CT molecular complexity index is 1910. The predicted molar refractivity (Wildman–Crippen MR) is 214 cm³/mol. The van der Waals surface area contributed by atoms with Crippen molar-refractivity contribution in [2.24, 2.45) is 44.8 Å². The molecule has 2 aromatic heterocycles. The first-order valence-electron chi connectivity index (χ1n) is 21.1. The van der Waals surface area contributed by atoms with Crippen molar-refractivity contribution in [3.05, 3.63) is 40.5 Å². The van der Waals surface area contributed by atoms with Gasteiger partial charge in [-0.1, -0.05) is 54.0 Å². The van der Waals surface area contributed by atoms with Crippen molar-refractivity contribution >= 4 is 23.5 Å². The Labute approximate surface area is 328 Å². The van der Waals surface area contributed by atoms with E-state index in [1.54, 1.807) is 4.90 Å². The van der Waals surface area contributed by atoms with Crippen LogP contribution in [-0.2, 0) is 27.9 Å². The number of aromatic amines is 1. The third-order valence-corrected chi connectivity index (χ3v) is 16.8. The fraction of sp³-hybridized carbons (Fsp3) is 0.756. The van der Waals surface area contributed by atoms with Gasteiger partial charge in [0.2, 0.25) is 0 Å². The first-order chi connectivity index (χ1) is 25.5. The molecule has 0 radical (unpaired) electrons. The number of ether oxygens (including phenoxy) is 1. The zero-order valence-electron chi connectivity index (χ0n) is 35.3. The van der Waals surface area contributed by atoms with Crippen LogP contribution in [0.2, 0.25) is 0 Å². The molecule has 0 bridgehead atoms. The Morgan fingerprint density at radius 2 is 1.69 bits per heavy atom. The van der Waals surface area contributed by atoms with Gasteiger partial charge in [-0.3, -0.25) is 14.8 Å². The standard InChI is InChI=1S/C45H67N5O5/c1-39(2,3)55-38(53)50-19-17-49(18-20-50)25-28-21-27(26-54-28)29-22-33-42(8)23-30-35(47-48-36(30)46)41(6,7)32(42)11-12-43(33,9)44(10)14-16-45(37(51)52)15-13-40(4,5)24-31(45)34(29)44/h21,26,31-33H,11-20,22-25H2,1-10H3,(H,51,52)(H3,46,47,48). The Morgan fingerprint density at radius 3 is 2.36 bits per heavy atom. The summed E-state index contributed by atoms with van der Waals surface area (Å²) in [6.45, 7) is 26.2. The maximum Gasteiger partial charge on any atom is 0.410 e. The molecule has 3 saturated carbocycles. The lowest BCUT2D eigenvalue weighted by Crippen LogP contribution is -2.65. The van der Waals surface area contributed by atoms with Crippen LogP contribution in [0.3, 0.4) is 0 Å². The fourth-order valence-electron chi connectivity index (χ4n) is 13.7. The number of hydrogen-bond acceptors (Lipinski definition) is 7. The summed E-state index contributed by atoms with van der Waals surface area (Å²) in [5, 5.41) is 19.1. The molecule has 10 nitrogen and oxygen atoms in total. The highest BCUT2D eigenvalue weighted by Gasteiger charge is 2.70. The van der Waals surface area contributed by atoms with Gasteiger partial charge < -0.3 is 24.9 Å². The maximum atomic E-state index is 13.6. The van der Waals surface area contributed by atoms with Crippen molar-refractivity contribution in [3.8, 4) is 0 Å². The average molecular weight is 758 g/mol. The molecule has 0 spiro atoms. The van der Waals surface area contributed by atoms with E-state index in [4.69, 9.17) is 20.0 Å². The van der Waals surface area contributed by atoms with Gasteiger partial charge in [-0.2, -0.15) is 5.10 Å². The van der Waals surface area contributed by atoms with Gasteiger partial charge in [0, 0.05) is 42.7 Å². The lowest BCUT2D eigenvalue weighted by atomic mass is 9.33. The molecule has 4 fully saturated rings. The molecule has 3 heterocycles. The van der Waals surface area contributed by atoms with Gasteiger partial charge in [-0.25, -0.2) is 4.79 Å². The van der Waals surface area contributed by atoms with Crippen molar-refractivity contribution in [2.75, 3.05) is 31.9 Å². The number of nitrogens with zero attached hydrogens (tertiary/aromatic N) is 3. The molecule has 5 aliphatic carbocycles. The molecule has 2 aromatic rings. The molecule has 10 heteroatoms. The number of fused-ring (bicyclic) bond motifs is 8. The molecular formula is C45H67N5O5. The Morgan fingerprint density at radius 1 is 1.00 bits per heavy atom. The zero-order chi connectivity index (χ0) is 39.7. The summed E-state index contributed by atoms with van der Waals surface area (Å²) in [4.78, 5) is 30.5. The number of amides is 1. The van der Waals surface area contributed by atoms with Crippen LogP contribution >= 0.6 is 0 Å². The number of H-pyrrole nitrogens is 1. The third kappa shape index (κ3) is 5.75. The number of allylic oxidation sites excluding steroid dienone is 2. The van der Waals surface area contributed by atoms with Crippen LogP contribution in [0, 0.1) is 44.8 Å². The van der Waals surface area contributed by atoms with E-state index in [9.17, 15) is 14.7 Å². The van der Waals surface area contributed by atoms with Crippen molar-refractivity contribution in [1.82, 2.24) is 20.0 Å². The number of anilines is 1. The monoisotopic (exact) mass is 758 g/mol. The van der Waals surface area contributed by atoms with Crippen molar-refractivity contribution < 1.29 is 23.8 Å². The van der Waals surface area contributed by atoms with Crippen LogP contribution in [-0.4, -0.2) is 68.9 Å². The quantitative estimate of drug-likeness (QED) is 0.281. The number of rotatable bonds is 4. The van der Waals surface area contributed by atoms with E-state index in [1.807, 2.05) is 27.0 Å². The maximum absolute atomic E-state index is 13.6. The second kappa shape index (κ2) is 12.4. The Balaban J connectivity index is 1.20. The average Bonchev–Trinajstić information content (AvgIpc) is 3.70. The summed E-state index contributed by atoms with van der Waals surface area (Å²) in [7, 11) is 0. The van der Waals surface area contributed by atoms with Crippen LogP contribution < -0.4 is 5.73 Å². The largest absolute Gasteiger partial charge is 0.481 e. The van der Waals surface area contributed by atoms with E-state index in [2.05, 4.69) is 64.5 Å². The number of carbonyl (C=O) groups is 2. The number of aromatic nitrogens is 2. The van der Waals surface area contributed by atoms with Gasteiger partial charge in [0.15, 0.2) is 0 Å². The van der Waals surface area contributed by atoms with Crippen LogP contribution in [0.25, 0.3) is 5.57 Å². The van der Waals surface area contributed by atoms with Crippen LogP contribution in [0.4, 0.5) is 10.6 Å². The topological polar surface area (TPSA) is 138 Å². The fourth-order valence-corrected chi connectivity index (χ4v) is 13.7. The third-order valence-electron chi connectivity index (χ3n) is 16.8. The van der Waals surface area contributed by atoms with E-state index >= 15 is 0 Å². The number of aliphatic carboxylic acids is 1. The summed E-state index contributed by atoms with van der Waals surface area (Å²) in [6.07, 6.45) is 9.94. The molecule has 7 atom stereocenters. The number of nitrogen functional groups attached to an aromatic ring is 1. The number of nitrogens with two attached hydrogens (primary N) is 1. The highest BCUT2D eigenvalue weighted by molar-refractivity contribution is 5.80. The molecule has 302 valence electrons. The summed E-state index contributed by atoms with van der Waals surface area (Å²) < 4.78 is 12.1. The van der Waals surface area contributed by atoms with Crippen molar-refractivity contribution in [1.29, 1.82) is 0 Å². The summed E-state index contributed by atoms with van der Waals surface area (Å²) in [6, 6.07) is 2.26. The van der Waals surface area contributed by atoms with E-state index in [1.165, 1.54) is 16.7 Å². The molecule has 6 aliphatic rings. The molecule has 55 heavy (non-hydrogen) atoms. The van der Waals surface area contributed by atoms with E-state index in [0.717, 1.165) is 87.9 Å². The number of furan rings is 1. The number of piperazine rings is 1. The number of carbonyl (C=O) groups excluding carboxylic acids is 1. The summed E-state index contributed by atoms with van der Waals surface area (Å²) >= 11 is 0. The van der Waals surface area contributed by atoms with Gasteiger partial charge >= 0.3 is 12.1 Å². The molecule has 8 rings (SSSR count). The molecule has 7 unspecified atom stereocenters. The minimum Gasteiger partial charge on any atom is -0.481 e. The van der Waals surface area contributed by atoms with E-state index in [0.29, 0.717) is 37.3 Å². The molecule has 1 aliphatic heterocycles. The molecule has 1 amide bonds. The highest BCUT2D eigenvalue weighted by Crippen LogP contribution is 2.77. The number of carboxylic acids is 1. The van der Waals surface area contributed by atoms with Gasteiger partial charge in [0.05, 0.1) is 23.9 Å². The van der Waals surface area contributed by atoms with Crippen molar-refractivity contribution in [3.63, 3.8) is 0 Å². The SMILES string of the molecule is CC1(C)CCC2(C(=O)O)CCC3(C)C(=C(c4coc(CN5CCN(C(=O)OC(C)(C)C)CC5)c4)CC4C5(C)Cc6c(n[nH]c6N)C(C)(C)C5CCC43C)C2C1. The smallest absolute Gasteiger partial charge is 0.410 e. The van der Waals surface area contributed by atoms with E-state index in [-0.39, 0.29) is 39.1 Å². The number of nitrogens with one attached hydrogen (secondary N) is 1. The van der Waals surface area contributed by atoms with Crippen LogP contribution in [0.1, 0.15) is 143 Å². The zero-order valence-corrected chi connectivity index (χ0v) is 35.3. The molecular weight excluding hydrogens is 691 g/mol. The normalized spacial score (nSPS) is 36.9. The Hall–Kier alpha value is -3.27. The lowest BCUT2D eigenvalue weighted by Gasteiger charge is -2.71. The molecule has 1 saturated heterocycles. The summed E-state index contributed by atoms with van der Waals surface area (Å²) in [5.74, 6) is 1.78.